The van der Waals surface area contributed by atoms with Gasteiger partial charge in [0.05, 0.1) is 11.8 Å². The van der Waals surface area contributed by atoms with Gasteiger partial charge in [-0.25, -0.2) is 5.01 Å². The first-order chi connectivity index (χ1) is 14.6. The highest BCUT2D eigenvalue weighted by atomic mass is 16.7. The minimum atomic E-state index is -0.373. The third-order valence-corrected chi connectivity index (χ3v) is 6.92. The summed E-state index contributed by atoms with van der Waals surface area (Å²) < 4.78 is 17.8. The van der Waals surface area contributed by atoms with E-state index >= 15 is 0 Å². The second-order valence-corrected chi connectivity index (χ2v) is 8.90. The van der Waals surface area contributed by atoms with Crippen molar-refractivity contribution in [2.75, 3.05) is 19.9 Å². The average molecular weight is 405 g/mol. The number of piperidine rings is 1. The van der Waals surface area contributed by atoms with Gasteiger partial charge in [0.15, 0.2) is 11.5 Å². The van der Waals surface area contributed by atoms with E-state index in [1.165, 1.54) is 5.56 Å². The quantitative estimate of drug-likeness (QED) is 0.751. The summed E-state index contributed by atoms with van der Waals surface area (Å²) in [5.41, 5.74) is 3.04. The van der Waals surface area contributed by atoms with Crippen LogP contribution in [0.25, 0.3) is 0 Å². The predicted octanol–water partition coefficient (Wildman–Crippen LogP) is 4.16. The van der Waals surface area contributed by atoms with Gasteiger partial charge in [-0.15, -0.1) is 0 Å². The van der Waals surface area contributed by atoms with Crippen molar-refractivity contribution in [2.45, 2.75) is 50.9 Å². The number of benzene rings is 2. The summed E-state index contributed by atoms with van der Waals surface area (Å²) in [5.74, 6) is 2.62. The standard InChI is InChI=1S/C24H27N3O3/c1-16(2)26-11-9-24(10-12-26)27-20(18-5-3-4-6-21(18)30-24)14-19(25-27)17-7-8-22-23(13-17)29-15-28-22/h3-8,13,16,20H,9-12,14-15H2,1-2H3/t20-/m1/s1. The average Bonchev–Trinajstić information content (AvgIpc) is 3.41. The minimum Gasteiger partial charge on any atom is -0.466 e. The molecule has 156 valence electrons. The molecule has 0 aromatic heterocycles. The lowest BCUT2D eigenvalue weighted by molar-refractivity contribution is -0.152. The molecule has 6 rings (SSSR count). The molecule has 0 unspecified atom stereocenters. The molecule has 2 aromatic carbocycles. The summed E-state index contributed by atoms with van der Waals surface area (Å²) in [7, 11) is 0. The molecule has 0 saturated carbocycles. The van der Waals surface area contributed by atoms with E-state index in [2.05, 4.69) is 60.2 Å². The van der Waals surface area contributed by atoms with Gasteiger partial charge in [-0.3, -0.25) is 0 Å². The highest BCUT2D eigenvalue weighted by molar-refractivity contribution is 6.02. The molecule has 0 bridgehead atoms. The van der Waals surface area contributed by atoms with Crippen molar-refractivity contribution in [1.82, 2.24) is 9.91 Å². The third-order valence-electron chi connectivity index (χ3n) is 6.92. The van der Waals surface area contributed by atoms with Crippen LogP contribution in [0.15, 0.2) is 47.6 Å². The molecule has 1 atom stereocenters. The van der Waals surface area contributed by atoms with Gasteiger partial charge in [0, 0.05) is 49.5 Å². The zero-order valence-electron chi connectivity index (χ0n) is 17.5. The normalized spacial score (nSPS) is 23.9. The van der Waals surface area contributed by atoms with Gasteiger partial charge in [0.2, 0.25) is 12.5 Å². The van der Waals surface area contributed by atoms with Crippen LogP contribution in [0.4, 0.5) is 0 Å². The van der Waals surface area contributed by atoms with Crippen LogP contribution in [-0.2, 0) is 0 Å². The smallest absolute Gasteiger partial charge is 0.231 e. The Kier molecular flexibility index (Phi) is 4.00. The Balaban J connectivity index is 1.38. The number of hydrogen-bond donors (Lipinski definition) is 0. The summed E-state index contributed by atoms with van der Waals surface area (Å²) in [6.07, 6.45) is 2.78. The lowest BCUT2D eigenvalue weighted by Crippen LogP contribution is -2.59. The van der Waals surface area contributed by atoms with Crippen LogP contribution in [0.3, 0.4) is 0 Å². The van der Waals surface area contributed by atoms with E-state index in [0.29, 0.717) is 6.04 Å². The van der Waals surface area contributed by atoms with E-state index in [1.807, 2.05) is 6.07 Å². The molecule has 0 amide bonds. The molecular weight excluding hydrogens is 378 g/mol. The zero-order chi connectivity index (χ0) is 20.3. The fraction of sp³-hybridized carbons (Fsp3) is 0.458. The Hall–Kier alpha value is -2.73. The van der Waals surface area contributed by atoms with Crippen LogP contribution in [0, 0.1) is 0 Å². The van der Waals surface area contributed by atoms with Crippen LogP contribution in [0.5, 0.6) is 17.2 Å². The van der Waals surface area contributed by atoms with Gasteiger partial charge < -0.3 is 19.1 Å². The van der Waals surface area contributed by atoms with Gasteiger partial charge in [-0.2, -0.15) is 5.10 Å². The van der Waals surface area contributed by atoms with Gasteiger partial charge >= 0.3 is 0 Å². The number of fused-ring (bicyclic) bond motifs is 5. The summed E-state index contributed by atoms with van der Waals surface area (Å²) in [6, 6.07) is 15.4. The number of rotatable bonds is 2. The molecule has 4 aliphatic rings. The van der Waals surface area contributed by atoms with E-state index in [9.17, 15) is 0 Å². The molecule has 2 aromatic rings. The Labute approximate surface area is 177 Å². The summed E-state index contributed by atoms with van der Waals surface area (Å²) in [4.78, 5) is 2.53. The molecule has 4 heterocycles. The topological polar surface area (TPSA) is 46.5 Å². The number of para-hydroxylation sites is 1. The Morgan fingerprint density at radius 1 is 1.00 bits per heavy atom. The third kappa shape index (κ3) is 2.70. The Morgan fingerprint density at radius 2 is 1.80 bits per heavy atom. The SMILES string of the molecule is CC(C)N1CCC2(CC1)Oc1ccccc1[C@H]1CC(c3ccc4c(c3)OCO4)=NN12. The first-order valence-corrected chi connectivity index (χ1v) is 10.9. The maximum absolute atomic E-state index is 6.71. The Bertz CT molecular complexity index is 1010. The number of likely N-dealkylation sites (tertiary alicyclic amines) is 1. The lowest BCUT2D eigenvalue weighted by Gasteiger charge is -2.51. The van der Waals surface area contributed by atoms with E-state index in [4.69, 9.17) is 19.3 Å². The molecule has 1 fully saturated rings. The summed E-state index contributed by atoms with van der Waals surface area (Å²) in [6.45, 7) is 6.87. The molecule has 0 radical (unpaired) electrons. The molecule has 1 saturated heterocycles. The molecule has 1 spiro atoms. The fourth-order valence-electron chi connectivity index (χ4n) is 5.20. The number of ether oxygens (including phenoxy) is 3. The molecule has 4 aliphatic heterocycles. The Morgan fingerprint density at radius 3 is 2.63 bits per heavy atom. The van der Waals surface area contributed by atoms with Gasteiger partial charge in [0.25, 0.3) is 0 Å². The van der Waals surface area contributed by atoms with Crippen molar-refractivity contribution >= 4 is 5.71 Å². The van der Waals surface area contributed by atoms with E-state index in [0.717, 1.165) is 60.9 Å². The molecular formula is C24H27N3O3. The van der Waals surface area contributed by atoms with Crippen molar-refractivity contribution in [3.63, 3.8) is 0 Å². The molecule has 0 aliphatic carbocycles. The highest BCUT2D eigenvalue weighted by Gasteiger charge is 2.51. The summed E-state index contributed by atoms with van der Waals surface area (Å²) in [5, 5.41) is 7.43. The van der Waals surface area contributed by atoms with Gasteiger partial charge in [-0.1, -0.05) is 18.2 Å². The monoisotopic (exact) mass is 405 g/mol. The van der Waals surface area contributed by atoms with Crippen LogP contribution >= 0.6 is 0 Å². The maximum Gasteiger partial charge on any atom is 0.231 e. The van der Waals surface area contributed by atoms with Crippen LogP contribution in [0.1, 0.15) is 50.3 Å². The van der Waals surface area contributed by atoms with Gasteiger partial charge in [-0.05, 0) is 38.1 Å². The molecule has 30 heavy (non-hydrogen) atoms. The first-order valence-electron chi connectivity index (χ1n) is 10.9. The molecule has 6 nitrogen and oxygen atoms in total. The lowest BCUT2D eigenvalue weighted by atomic mass is 9.90. The number of hydrazone groups is 1. The summed E-state index contributed by atoms with van der Waals surface area (Å²) >= 11 is 0. The van der Waals surface area contributed by atoms with E-state index < -0.39 is 0 Å². The van der Waals surface area contributed by atoms with Crippen molar-refractivity contribution < 1.29 is 14.2 Å². The van der Waals surface area contributed by atoms with Crippen LogP contribution < -0.4 is 14.2 Å². The van der Waals surface area contributed by atoms with Crippen molar-refractivity contribution in [3.05, 3.63) is 53.6 Å². The van der Waals surface area contributed by atoms with Crippen molar-refractivity contribution in [3.8, 4) is 17.2 Å². The van der Waals surface area contributed by atoms with Crippen LogP contribution in [-0.4, -0.2) is 47.3 Å². The highest BCUT2D eigenvalue weighted by Crippen LogP contribution is 2.50. The fourth-order valence-corrected chi connectivity index (χ4v) is 5.20. The largest absolute Gasteiger partial charge is 0.466 e. The molecule has 6 heteroatoms. The number of nitrogens with zero attached hydrogens (tertiary/aromatic N) is 3. The van der Waals surface area contributed by atoms with Crippen molar-refractivity contribution in [2.24, 2.45) is 5.10 Å². The van der Waals surface area contributed by atoms with Crippen LogP contribution in [0.2, 0.25) is 0 Å². The predicted molar refractivity (Wildman–Crippen MR) is 114 cm³/mol. The second-order valence-electron chi connectivity index (χ2n) is 8.90. The number of hydrogen-bond acceptors (Lipinski definition) is 6. The van der Waals surface area contributed by atoms with E-state index in [1.54, 1.807) is 0 Å². The molecule has 0 N–H and O–H groups in total. The zero-order valence-corrected chi connectivity index (χ0v) is 17.5. The maximum atomic E-state index is 6.71. The second kappa shape index (κ2) is 6.64. The van der Waals surface area contributed by atoms with E-state index in [-0.39, 0.29) is 18.6 Å². The van der Waals surface area contributed by atoms with Gasteiger partial charge in [0.1, 0.15) is 5.75 Å². The first kappa shape index (κ1) is 18.1. The van der Waals surface area contributed by atoms with Crippen molar-refractivity contribution in [1.29, 1.82) is 0 Å². The minimum absolute atomic E-state index is 0.209.